The summed E-state index contributed by atoms with van der Waals surface area (Å²) in [5.74, 6) is -0.841. The fourth-order valence-electron chi connectivity index (χ4n) is 4.98. The summed E-state index contributed by atoms with van der Waals surface area (Å²) < 4.78 is 100. The van der Waals surface area contributed by atoms with E-state index in [0.717, 1.165) is 55.4 Å². The maximum atomic E-state index is 14.8. The summed E-state index contributed by atoms with van der Waals surface area (Å²) in [5.41, 5.74) is -0.278. The molecule has 1 aliphatic carbocycles. The first-order valence-electron chi connectivity index (χ1n) is 12.9. The zero-order chi connectivity index (χ0) is 28.2. The molecule has 3 nitrogen and oxygen atoms in total. The van der Waals surface area contributed by atoms with E-state index in [-0.39, 0.29) is 16.7 Å². The van der Waals surface area contributed by atoms with Crippen LogP contribution in [0.4, 0.5) is 30.7 Å². The largest absolute Gasteiger partial charge is 0.462 e. The first-order valence-corrected chi connectivity index (χ1v) is 12.9. The number of aromatic nitrogens is 2. The lowest BCUT2D eigenvalue weighted by molar-refractivity contribution is -0.191. The van der Waals surface area contributed by atoms with E-state index in [4.69, 9.17) is 4.74 Å². The normalized spacial score (nSPS) is 18.1. The Kier molecular flexibility index (Phi) is 8.67. The molecule has 0 saturated heterocycles. The lowest BCUT2D eigenvalue weighted by Crippen LogP contribution is -2.25. The van der Waals surface area contributed by atoms with Gasteiger partial charge < -0.3 is 4.74 Å². The third-order valence-corrected chi connectivity index (χ3v) is 7.04. The minimum Gasteiger partial charge on any atom is -0.427 e. The van der Waals surface area contributed by atoms with Gasteiger partial charge in [-0.15, -0.1) is 0 Å². The Labute approximate surface area is 221 Å². The number of rotatable bonds is 8. The quantitative estimate of drug-likeness (QED) is 0.159. The summed E-state index contributed by atoms with van der Waals surface area (Å²) in [6, 6.07) is 3.64. The molecule has 10 heteroatoms. The van der Waals surface area contributed by atoms with Crippen molar-refractivity contribution < 1.29 is 35.5 Å². The average molecular weight is 553 g/mol. The van der Waals surface area contributed by atoms with E-state index in [0.29, 0.717) is 12.0 Å². The SMILES string of the molecule is CCCCCC1CCC(c2cnc(C(F)(F)Oc3ccc4c(F)c(C#CC(F)(F)F)c(F)cc4c3)nc2)CC1. The Bertz CT molecular complexity index is 1350. The molecule has 0 spiro atoms. The van der Waals surface area contributed by atoms with Gasteiger partial charge in [-0.3, -0.25) is 0 Å². The molecule has 0 radical (unpaired) electrons. The molecule has 1 aliphatic rings. The second kappa shape index (κ2) is 11.8. The van der Waals surface area contributed by atoms with Gasteiger partial charge in [-0.05, 0) is 72.7 Å². The van der Waals surface area contributed by atoms with Crippen LogP contribution in [0, 0.1) is 29.4 Å². The molecule has 39 heavy (non-hydrogen) atoms. The number of benzene rings is 2. The van der Waals surface area contributed by atoms with Crippen LogP contribution in [0.3, 0.4) is 0 Å². The van der Waals surface area contributed by atoms with Crippen molar-refractivity contribution >= 4 is 10.8 Å². The molecular weight excluding hydrogens is 525 g/mol. The Balaban J connectivity index is 1.45. The maximum Gasteiger partial charge on any atom is 0.462 e. The number of nitrogens with zero attached hydrogens (tertiary/aromatic N) is 2. The van der Waals surface area contributed by atoms with Crippen molar-refractivity contribution in [2.24, 2.45) is 5.92 Å². The van der Waals surface area contributed by atoms with Crippen LogP contribution in [0.15, 0.2) is 36.7 Å². The first kappa shape index (κ1) is 28.7. The number of halogens is 7. The van der Waals surface area contributed by atoms with Crippen molar-refractivity contribution in [3.05, 3.63) is 65.2 Å². The maximum absolute atomic E-state index is 14.8. The molecule has 0 aliphatic heterocycles. The molecule has 0 atom stereocenters. The van der Waals surface area contributed by atoms with Gasteiger partial charge in [-0.25, -0.2) is 18.7 Å². The van der Waals surface area contributed by atoms with Gasteiger partial charge in [-0.1, -0.05) is 38.5 Å². The number of hydrogen-bond acceptors (Lipinski definition) is 3. The Morgan fingerprint density at radius 1 is 0.949 bits per heavy atom. The van der Waals surface area contributed by atoms with Crippen molar-refractivity contribution in [1.82, 2.24) is 9.97 Å². The zero-order valence-electron chi connectivity index (χ0n) is 21.2. The number of ether oxygens (including phenoxy) is 1. The van der Waals surface area contributed by atoms with E-state index in [1.54, 1.807) is 0 Å². The van der Waals surface area contributed by atoms with Gasteiger partial charge in [-0.2, -0.15) is 22.0 Å². The van der Waals surface area contributed by atoms with Gasteiger partial charge in [0.25, 0.3) is 0 Å². The summed E-state index contributed by atoms with van der Waals surface area (Å²) in [6.07, 6.45) is 2.87. The highest BCUT2D eigenvalue weighted by Crippen LogP contribution is 2.38. The Morgan fingerprint density at radius 2 is 1.64 bits per heavy atom. The van der Waals surface area contributed by atoms with E-state index in [1.165, 1.54) is 44.0 Å². The van der Waals surface area contributed by atoms with Crippen LogP contribution in [0.5, 0.6) is 5.75 Å². The van der Waals surface area contributed by atoms with E-state index in [2.05, 4.69) is 16.9 Å². The Hall–Kier alpha value is -3.35. The Morgan fingerprint density at radius 3 is 2.28 bits per heavy atom. The van der Waals surface area contributed by atoms with Crippen LogP contribution in [0.2, 0.25) is 0 Å². The summed E-state index contributed by atoms with van der Waals surface area (Å²) in [4.78, 5) is 7.66. The minimum absolute atomic E-state index is 0.197. The predicted octanol–water partition coefficient (Wildman–Crippen LogP) is 8.80. The van der Waals surface area contributed by atoms with Crippen LogP contribution in [-0.2, 0) is 6.11 Å². The fourth-order valence-corrected chi connectivity index (χ4v) is 4.98. The van der Waals surface area contributed by atoms with Crippen LogP contribution >= 0.6 is 0 Å². The molecule has 3 aromatic rings. The lowest BCUT2D eigenvalue weighted by Gasteiger charge is -2.28. The summed E-state index contributed by atoms with van der Waals surface area (Å²) >= 11 is 0. The van der Waals surface area contributed by atoms with E-state index < -0.39 is 41.1 Å². The van der Waals surface area contributed by atoms with Gasteiger partial charge in [0.05, 0.1) is 5.56 Å². The summed E-state index contributed by atoms with van der Waals surface area (Å²) in [5, 5.41) is -0.503. The molecule has 1 heterocycles. The molecule has 0 N–H and O–H groups in total. The highest BCUT2D eigenvalue weighted by Gasteiger charge is 2.39. The molecule has 0 unspecified atom stereocenters. The van der Waals surface area contributed by atoms with Crippen molar-refractivity contribution in [2.45, 2.75) is 76.5 Å². The second-order valence-electron chi connectivity index (χ2n) is 9.85. The van der Waals surface area contributed by atoms with Crippen molar-refractivity contribution in [2.75, 3.05) is 0 Å². The minimum atomic E-state index is -4.94. The third-order valence-electron chi connectivity index (χ3n) is 7.04. The van der Waals surface area contributed by atoms with Crippen LogP contribution in [-0.4, -0.2) is 16.1 Å². The molecule has 2 aromatic carbocycles. The van der Waals surface area contributed by atoms with Crippen molar-refractivity contribution in [3.8, 4) is 17.6 Å². The van der Waals surface area contributed by atoms with E-state index >= 15 is 0 Å². The fraction of sp³-hybridized carbons (Fsp3) is 0.448. The zero-order valence-corrected chi connectivity index (χ0v) is 21.2. The lowest BCUT2D eigenvalue weighted by atomic mass is 9.77. The molecular formula is C29H27F7N2O. The van der Waals surface area contributed by atoms with Crippen LogP contribution in [0.25, 0.3) is 10.8 Å². The van der Waals surface area contributed by atoms with Gasteiger partial charge in [0.15, 0.2) is 0 Å². The third kappa shape index (κ3) is 7.20. The first-order chi connectivity index (χ1) is 18.5. The highest BCUT2D eigenvalue weighted by atomic mass is 19.4. The van der Waals surface area contributed by atoms with Crippen molar-refractivity contribution in [3.63, 3.8) is 0 Å². The summed E-state index contributed by atoms with van der Waals surface area (Å²) in [7, 11) is 0. The van der Waals surface area contributed by atoms with Gasteiger partial charge in [0.1, 0.15) is 17.4 Å². The van der Waals surface area contributed by atoms with Gasteiger partial charge in [0.2, 0.25) is 5.82 Å². The molecule has 0 bridgehead atoms. The molecule has 0 amide bonds. The molecule has 1 fully saturated rings. The van der Waals surface area contributed by atoms with E-state index in [9.17, 15) is 30.7 Å². The highest BCUT2D eigenvalue weighted by molar-refractivity contribution is 5.86. The molecule has 208 valence electrons. The number of alkyl halides is 5. The number of fused-ring (bicyclic) bond motifs is 1. The average Bonchev–Trinajstić information content (AvgIpc) is 2.88. The molecule has 4 rings (SSSR count). The molecule has 1 aromatic heterocycles. The van der Waals surface area contributed by atoms with Gasteiger partial charge in [0, 0.05) is 23.7 Å². The number of hydrogen-bond donors (Lipinski definition) is 0. The topological polar surface area (TPSA) is 35.0 Å². The van der Waals surface area contributed by atoms with Crippen LogP contribution < -0.4 is 4.74 Å². The molecule has 1 saturated carbocycles. The predicted molar refractivity (Wildman–Crippen MR) is 132 cm³/mol. The van der Waals surface area contributed by atoms with Crippen LogP contribution in [0.1, 0.15) is 81.2 Å². The monoisotopic (exact) mass is 552 g/mol. The van der Waals surface area contributed by atoms with Crippen molar-refractivity contribution in [1.29, 1.82) is 0 Å². The standard InChI is InChI=1S/C29H27F7N2O/c1-2-3-4-5-18-6-8-19(9-7-18)21-16-37-27(38-17-21)29(35,36)39-22-10-11-23-20(14-22)15-25(30)24(26(23)31)12-13-28(32,33)34/h10-11,14-19H,2-9H2,1H3. The smallest absolute Gasteiger partial charge is 0.427 e. The van der Waals surface area contributed by atoms with Gasteiger partial charge >= 0.3 is 12.3 Å². The van der Waals surface area contributed by atoms with E-state index in [1.807, 2.05) is 0 Å². The number of unbranched alkanes of at least 4 members (excludes halogenated alkanes) is 2. The summed E-state index contributed by atoms with van der Waals surface area (Å²) in [6.45, 7) is 2.18. The second-order valence-corrected chi connectivity index (χ2v) is 9.85.